The number of amides is 1. The Bertz CT molecular complexity index is 811. The number of rotatable bonds is 5. The fraction of sp³-hybridized carbons (Fsp3) is 0.278. The van der Waals surface area contributed by atoms with Gasteiger partial charge >= 0.3 is 12.1 Å². The van der Waals surface area contributed by atoms with Gasteiger partial charge in [0.25, 0.3) is 0 Å². The van der Waals surface area contributed by atoms with Crippen LogP contribution < -0.4 is 10.2 Å². The zero-order valence-electron chi connectivity index (χ0n) is 13.9. The summed E-state index contributed by atoms with van der Waals surface area (Å²) in [6.45, 7) is 0.405. The van der Waals surface area contributed by atoms with Crippen LogP contribution in [0.15, 0.2) is 36.5 Å². The standard InChI is InChI=1S/C18H18FN3O4/c19-14-4-6-16(20-10-14)21-11-26-17(23)9-12-3-5-15-13(8-12)2-1-7-22(15)18(24)25/h3-6,8,10H,1-2,7,9,11H2,(H,20,21)(H,24,25). The summed E-state index contributed by atoms with van der Waals surface area (Å²) in [7, 11) is 0. The summed E-state index contributed by atoms with van der Waals surface area (Å²) in [4.78, 5) is 28.3. The second kappa shape index (κ2) is 7.81. The number of hydrogen-bond acceptors (Lipinski definition) is 5. The van der Waals surface area contributed by atoms with E-state index in [1.165, 1.54) is 17.0 Å². The summed E-state index contributed by atoms with van der Waals surface area (Å²) in [5.74, 6) is -0.464. The maximum absolute atomic E-state index is 12.8. The number of esters is 1. The van der Waals surface area contributed by atoms with E-state index in [1.807, 2.05) is 6.07 Å². The summed E-state index contributed by atoms with van der Waals surface area (Å²) in [5.41, 5.74) is 2.35. The monoisotopic (exact) mass is 359 g/mol. The number of anilines is 2. The van der Waals surface area contributed by atoms with Gasteiger partial charge in [0.15, 0.2) is 6.73 Å². The van der Waals surface area contributed by atoms with Gasteiger partial charge < -0.3 is 15.2 Å². The minimum Gasteiger partial charge on any atom is -0.465 e. The quantitative estimate of drug-likeness (QED) is 0.630. The van der Waals surface area contributed by atoms with Gasteiger partial charge in [0.2, 0.25) is 0 Å². The summed E-state index contributed by atoms with van der Waals surface area (Å²) in [6, 6.07) is 8.01. The maximum atomic E-state index is 12.8. The van der Waals surface area contributed by atoms with E-state index in [-0.39, 0.29) is 13.2 Å². The Morgan fingerprint density at radius 2 is 2.15 bits per heavy atom. The molecule has 0 saturated heterocycles. The van der Waals surface area contributed by atoms with Crippen molar-refractivity contribution in [3.05, 3.63) is 53.5 Å². The van der Waals surface area contributed by atoms with E-state index in [2.05, 4.69) is 10.3 Å². The number of aryl methyl sites for hydroxylation is 1. The summed E-state index contributed by atoms with van der Waals surface area (Å²) >= 11 is 0. The largest absolute Gasteiger partial charge is 0.465 e. The lowest BCUT2D eigenvalue weighted by Crippen LogP contribution is -2.34. The first-order valence-corrected chi connectivity index (χ1v) is 8.16. The maximum Gasteiger partial charge on any atom is 0.411 e. The molecule has 0 saturated carbocycles. The van der Waals surface area contributed by atoms with Gasteiger partial charge in [-0.05, 0) is 42.2 Å². The Balaban J connectivity index is 1.54. The van der Waals surface area contributed by atoms with Crippen LogP contribution in [0.25, 0.3) is 0 Å². The van der Waals surface area contributed by atoms with E-state index in [0.29, 0.717) is 18.1 Å². The average molecular weight is 359 g/mol. The van der Waals surface area contributed by atoms with E-state index in [4.69, 9.17) is 4.74 Å². The number of halogens is 1. The first kappa shape index (κ1) is 17.7. The number of carboxylic acid groups (broad SMARTS) is 1. The van der Waals surface area contributed by atoms with E-state index in [9.17, 15) is 19.1 Å². The van der Waals surface area contributed by atoms with Crippen LogP contribution in [0.5, 0.6) is 0 Å². The zero-order valence-corrected chi connectivity index (χ0v) is 13.9. The van der Waals surface area contributed by atoms with Crippen LogP contribution in [-0.4, -0.2) is 35.4 Å². The first-order valence-electron chi connectivity index (χ1n) is 8.16. The van der Waals surface area contributed by atoms with Crippen LogP contribution >= 0.6 is 0 Å². The number of nitrogens with zero attached hydrogens (tertiary/aromatic N) is 2. The molecule has 0 aliphatic carbocycles. The van der Waals surface area contributed by atoms with E-state index in [1.54, 1.807) is 12.1 Å². The molecule has 2 heterocycles. The normalized spacial score (nSPS) is 13.0. The molecule has 0 fully saturated rings. The van der Waals surface area contributed by atoms with Gasteiger partial charge in [0.1, 0.15) is 11.6 Å². The highest BCUT2D eigenvalue weighted by Gasteiger charge is 2.22. The summed E-state index contributed by atoms with van der Waals surface area (Å²) < 4.78 is 17.9. The molecule has 1 aromatic heterocycles. The van der Waals surface area contributed by atoms with Crippen LogP contribution in [0, 0.1) is 5.82 Å². The van der Waals surface area contributed by atoms with Gasteiger partial charge in [-0.2, -0.15) is 0 Å². The highest BCUT2D eigenvalue weighted by molar-refractivity contribution is 5.88. The molecule has 2 N–H and O–H groups in total. The van der Waals surface area contributed by atoms with E-state index < -0.39 is 17.9 Å². The molecule has 0 bridgehead atoms. The van der Waals surface area contributed by atoms with Crippen LogP contribution in [-0.2, 0) is 22.4 Å². The summed E-state index contributed by atoms with van der Waals surface area (Å²) in [6.07, 6.45) is 1.71. The predicted octanol–water partition coefficient (Wildman–Crippen LogP) is 2.81. The van der Waals surface area contributed by atoms with Crippen molar-refractivity contribution in [1.29, 1.82) is 0 Å². The highest BCUT2D eigenvalue weighted by atomic mass is 19.1. The molecular formula is C18H18FN3O4. The number of benzene rings is 1. The Labute approximate surface area is 149 Å². The first-order chi connectivity index (χ1) is 12.5. The minimum atomic E-state index is -0.974. The molecule has 3 rings (SSSR count). The van der Waals surface area contributed by atoms with Crippen LogP contribution in [0.1, 0.15) is 17.5 Å². The lowest BCUT2D eigenvalue weighted by Gasteiger charge is -2.27. The number of ether oxygens (including phenoxy) is 1. The topological polar surface area (TPSA) is 91.8 Å². The van der Waals surface area contributed by atoms with Gasteiger partial charge in [-0.25, -0.2) is 14.2 Å². The number of hydrogen-bond donors (Lipinski definition) is 2. The fourth-order valence-electron chi connectivity index (χ4n) is 2.85. The Morgan fingerprint density at radius 1 is 1.31 bits per heavy atom. The number of fused-ring (bicyclic) bond motifs is 1. The predicted molar refractivity (Wildman–Crippen MR) is 92.6 cm³/mol. The molecule has 0 unspecified atom stereocenters. The van der Waals surface area contributed by atoms with Crippen LogP contribution in [0.2, 0.25) is 0 Å². The highest BCUT2D eigenvalue weighted by Crippen LogP contribution is 2.28. The number of nitrogens with one attached hydrogen (secondary N) is 1. The van der Waals surface area contributed by atoms with Crippen molar-refractivity contribution in [3.63, 3.8) is 0 Å². The van der Waals surface area contributed by atoms with Crippen molar-refractivity contribution in [2.75, 3.05) is 23.5 Å². The second-order valence-electron chi connectivity index (χ2n) is 5.88. The molecule has 7 nitrogen and oxygen atoms in total. The molecule has 1 aromatic carbocycles. The number of carbonyl (C=O) groups is 2. The number of pyridine rings is 1. The molecular weight excluding hydrogens is 341 g/mol. The molecule has 1 amide bonds. The zero-order chi connectivity index (χ0) is 18.5. The number of aromatic nitrogens is 1. The lowest BCUT2D eigenvalue weighted by atomic mass is 9.98. The van der Waals surface area contributed by atoms with Crippen molar-refractivity contribution in [3.8, 4) is 0 Å². The van der Waals surface area contributed by atoms with Crippen molar-refractivity contribution in [1.82, 2.24) is 4.98 Å². The SMILES string of the molecule is O=C(Cc1ccc2c(c1)CCCN2C(=O)O)OCNc1ccc(F)cn1. The molecule has 136 valence electrons. The molecule has 0 radical (unpaired) electrons. The van der Waals surface area contributed by atoms with Gasteiger partial charge in [-0.3, -0.25) is 9.69 Å². The molecule has 0 spiro atoms. The van der Waals surface area contributed by atoms with Gasteiger partial charge in [0, 0.05) is 6.54 Å². The molecule has 2 aromatic rings. The van der Waals surface area contributed by atoms with Gasteiger partial charge in [-0.1, -0.05) is 12.1 Å². The van der Waals surface area contributed by atoms with E-state index in [0.717, 1.165) is 30.2 Å². The minimum absolute atomic E-state index is 0.0742. The Morgan fingerprint density at radius 3 is 2.88 bits per heavy atom. The smallest absolute Gasteiger partial charge is 0.411 e. The lowest BCUT2D eigenvalue weighted by molar-refractivity contribution is -0.142. The molecule has 1 aliphatic rings. The Kier molecular flexibility index (Phi) is 5.31. The van der Waals surface area contributed by atoms with Crippen molar-refractivity contribution >= 4 is 23.6 Å². The van der Waals surface area contributed by atoms with Crippen molar-refractivity contribution in [2.24, 2.45) is 0 Å². The second-order valence-corrected chi connectivity index (χ2v) is 5.88. The number of carbonyl (C=O) groups excluding carboxylic acids is 1. The molecule has 26 heavy (non-hydrogen) atoms. The van der Waals surface area contributed by atoms with Gasteiger partial charge in [-0.15, -0.1) is 0 Å². The third-order valence-electron chi connectivity index (χ3n) is 4.06. The van der Waals surface area contributed by atoms with Crippen molar-refractivity contribution in [2.45, 2.75) is 19.3 Å². The van der Waals surface area contributed by atoms with Crippen LogP contribution in [0.4, 0.5) is 20.7 Å². The molecule has 8 heteroatoms. The summed E-state index contributed by atoms with van der Waals surface area (Å²) in [5, 5.41) is 12.0. The fourth-order valence-corrected chi connectivity index (χ4v) is 2.85. The van der Waals surface area contributed by atoms with Gasteiger partial charge in [0.05, 0.1) is 18.3 Å². The Hall–Kier alpha value is -3.16. The third kappa shape index (κ3) is 4.27. The molecule has 0 atom stereocenters. The third-order valence-corrected chi connectivity index (χ3v) is 4.06. The van der Waals surface area contributed by atoms with Crippen molar-refractivity contribution < 1.29 is 23.8 Å². The van der Waals surface area contributed by atoms with Crippen LogP contribution in [0.3, 0.4) is 0 Å². The average Bonchev–Trinajstić information content (AvgIpc) is 2.62. The molecule has 1 aliphatic heterocycles. The van der Waals surface area contributed by atoms with E-state index >= 15 is 0 Å².